The van der Waals surface area contributed by atoms with Crippen molar-refractivity contribution in [2.45, 2.75) is 45.6 Å². The lowest BCUT2D eigenvalue weighted by Crippen LogP contribution is -2.35. The molecule has 1 saturated heterocycles. The van der Waals surface area contributed by atoms with Gasteiger partial charge in [0.1, 0.15) is 5.60 Å². The van der Waals surface area contributed by atoms with Crippen molar-refractivity contribution >= 4 is 23.3 Å². The minimum absolute atomic E-state index is 0.106. The van der Waals surface area contributed by atoms with Gasteiger partial charge in [0.15, 0.2) is 0 Å². The van der Waals surface area contributed by atoms with Crippen LogP contribution in [-0.4, -0.2) is 31.1 Å². The van der Waals surface area contributed by atoms with Gasteiger partial charge in [0, 0.05) is 31.4 Å². The van der Waals surface area contributed by atoms with E-state index >= 15 is 0 Å². The highest BCUT2D eigenvalue weighted by Crippen LogP contribution is 2.27. The molecule has 0 radical (unpaired) electrons. The summed E-state index contributed by atoms with van der Waals surface area (Å²) >= 11 is 0. The zero-order valence-electron chi connectivity index (χ0n) is 13.7. The second-order valence-corrected chi connectivity index (χ2v) is 6.52. The third-order valence-electron chi connectivity index (χ3n) is 3.48. The van der Waals surface area contributed by atoms with Gasteiger partial charge in [-0.2, -0.15) is 0 Å². The van der Waals surface area contributed by atoms with E-state index in [4.69, 9.17) is 4.74 Å². The van der Waals surface area contributed by atoms with Crippen molar-refractivity contribution in [3.8, 4) is 0 Å². The van der Waals surface area contributed by atoms with Crippen LogP contribution in [0.15, 0.2) is 18.2 Å². The van der Waals surface area contributed by atoms with Crippen LogP contribution in [0, 0.1) is 0 Å². The van der Waals surface area contributed by atoms with Gasteiger partial charge in [0.2, 0.25) is 5.91 Å². The molecule has 1 aromatic carbocycles. The lowest BCUT2D eigenvalue weighted by Gasteiger charge is -2.28. The fourth-order valence-electron chi connectivity index (χ4n) is 2.45. The largest absolute Gasteiger partial charge is 0.456 e. The monoisotopic (exact) mass is 304 g/mol. The van der Waals surface area contributed by atoms with Crippen LogP contribution < -0.4 is 10.2 Å². The van der Waals surface area contributed by atoms with E-state index in [1.807, 2.05) is 26.8 Å². The Balaban J connectivity index is 2.33. The van der Waals surface area contributed by atoms with Crippen molar-refractivity contribution in [2.24, 2.45) is 0 Å². The Morgan fingerprint density at radius 3 is 2.55 bits per heavy atom. The van der Waals surface area contributed by atoms with E-state index < -0.39 is 5.60 Å². The van der Waals surface area contributed by atoms with E-state index in [-0.39, 0.29) is 11.9 Å². The highest BCUT2D eigenvalue weighted by molar-refractivity contribution is 5.98. The number of hydrogen-bond donors (Lipinski definition) is 1. The van der Waals surface area contributed by atoms with E-state index in [1.165, 1.54) is 0 Å². The van der Waals surface area contributed by atoms with Crippen LogP contribution in [0.5, 0.6) is 0 Å². The Bertz CT molecular complexity index is 576. The van der Waals surface area contributed by atoms with Gasteiger partial charge >= 0.3 is 5.97 Å². The molecule has 0 aromatic heterocycles. The number of carbonyl (C=O) groups is 2. The fourth-order valence-corrected chi connectivity index (χ4v) is 2.45. The summed E-state index contributed by atoms with van der Waals surface area (Å²) in [7, 11) is 1.79. The highest BCUT2D eigenvalue weighted by Gasteiger charge is 2.23. The molecule has 0 spiro atoms. The molecular formula is C17H24N2O3. The van der Waals surface area contributed by atoms with Gasteiger partial charge in [-0.1, -0.05) is 0 Å². The first kappa shape index (κ1) is 16.3. The Labute approximate surface area is 131 Å². The molecule has 1 aliphatic rings. The van der Waals surface area contributed by atoms with Crippen molar-refractivity contribution in [3.63, 3.8) is 0 Å². The number of rotatable bonds is 3. The Kier molecular flexibility index (Phi) is 4.74. The van der Waals surface area contributed by atoms with Gasteiger partial charge in [-0.3, -0.25) is 4.79 Å². The number of nitrogens with zero attached hydrogens (tertiary/aromatic N) is 1. The zero-order chi connectivity index (χ0) is 16.3. The molecule has 0 saturated carbocycles. The minimum Gasteiger partial charge on any atom is -0.456 e. The van der Waals surface area contributed by atoms with Crippen molar-refractivity contribution in [1.29, 1.82) is 0 Å². The van der Waals surface area contributed by atoms with Crippen LogP contribution in [0.4, 0.5) is 11.4 Å². The summed E-state index contributed by atoms with van der Waals surface area (Å²) in [6, 6.07) is 5.36. The predicted octanol–water partition coefficient (Wildman–Crippen LogP) is 3.20. The Morgan fingerprint density at radius 1 is 1.23 bits per heavy atom. The molecule has 5 nitrogen and oxygen atoms in total. The molecule has 120 valence electrons. The van der Waals surface area contributed by atoms with Gasteiger partial charge in [0.05, 0.1) is 5.56 Å². The maximum Gasteiger partial charge on any atom is 0.338 e. The van der Waals surface area contributed by atoms with Crippen LogP contribution in [-0.2, 0) is 9.53 Å². The normalized spacial score (nSPS) is 15.6. The lowest BCUT2D eigenvalue weighted by molar-refractivity contribution is -0.119. The maximum absolute atomic E-state index is 12.3. The van der Waals surface area contributed by atoms with Gasteiger partial charge in [-0.25, -0.2) is 4.79 Å². The highest BCUT2D eigenvalue weighted by atomic mass is 16.6. The number of anilines is 2. The number of amides is 1. The third-order valence-corrected chi connectivity index (χ3v) is 3.48. The van der Waals surface area contributed by atoms with Gasteiger partial charge in [-0.15, -0.1) is 0 Å². The van der Waals surface area contributed by atoms with E-state index in [1.54, 1.807) is 24.1 Å². The number of nitrogens with one attached hydrogen (secondary N) is 1. The predicted molar refractivity (Wildman–Crippen MR) is 87.4 cm³/mol. The first-order valence-corrected chi connectivity index (χ1v) is 7.67. The summed E-state index contributed by atoms with van der Waals surface area (Å²) in [5.74, 6) is -0.273. The zero-order valence-corrected chi connectivity index (χ0v) is 13.7. The molecule has 1 heterocycles. The molecule has 1 aliphatic heterocycles. The molecule has 0 atom stereocenters. The van der Waals surface area contributed by atoms with E-state index in [9.17, 15) is 9.59 Å². The summed E-state index contributed by atoms with van der Waals surface area (Å²) in [4.78, 5) is 26.1. The van der Waals surface area contributed by atoms with Crippen LogP contribution in [0.2, 0.25) is 0 Å². The smallest absolute Gasteiger partial charge is 0.338 e. The summed E-state index contributed by atoms with van der Waals surface area (Å²) in [6.07, 6.45) is 2.48. The molecule has 0 aliphatic carbocycles. The topological polar surface area (TPSA) is 58.6 Å². The molecule has 1 N–H and O–H groups in total. The number of esters is 1. The number of ether oxygens (including phenoxy) is 1. The summed E-state index contributed by atoms with van der Waals surface area (Å²) < 4.78 is 5.42. The van der Waals surface area contributed by atoms with E-state index in [2.05, 4.69) is 5.32 Å². The first-order valence-electron chi connectivity index (χ1n) is 7.67. The van der Waals surface area contributed by atoms with Crippen LogP contribution in [0.3, 0.4) is 0 Å². The average Bonchev–Trinajstić information content (AvgIpc) is 2.45. The second kappa shape index (κ2) is 6.38. The van der Waals surface area contributed by atoms with Gasteiger partial charge < -0.3 is 15.0 Å². The SMILES string of the molecule is CNc1cc(C(=O)OC(C)(C)C)cc(N2CCCCC2=O)c1. The fraction of sp³-hybridized carbons (Fsp3) is 0.529. The number of benzene rings is 1. The molecule has 5 heteroatoms. The molecule has 22 heavy (non-hydrogen) atoms. The maximum atomic E-state index is 12.3. The molecule has 2 rings (SSSR count). The van der Waals surface area contributed by atoms with Crippen LogP contribution in [0.1, 0.15) is 50.4 Å². The van der Waals surface area contributed by atoms with Gasteiger partial charge in [0.25, 0.3) is 0 Å². The van der Waals surface area contributed by atoms with Crippen molar-refractivity contribution in [1.82, 2.24) is 0 Å². The molecule has 1 aromatic rings. The molecule has 1 amide bonds. The number of piperidine rings is 1. The average molecular weight is 304 g/mol. The standard InChI is InChI=1S/C17H24N2O3/c1-17(2,3)22-16(21)12-9-13(18-4)11-14(10-12)19-8-6-5-7-15(19)20/h9-11,18H,5-8H2,1-4H3. The van der Waals surface area contributed by atoms with Crippen molar-refractivity contribution < 1.29 is 14.3 Å². The van der Waals surface area contributed by atoms with E-state index in [0.717, 1.165) is 24.2 Å². The van der Waals surface area contributed by atoms with E-state index in [0.29, 0.717) is 18.5 Å². The molecular weight excluding hydrogens is 280 g/mol. The van der Waals surface area contributed by atoms with Gasteiger partial charge in [-0.05, 0) is 51.8 Å². The molecule has 1 fully saturated rings. The second-order valence-electron chi connectivity index (χ2n) is 6.52. The quantitative estimate of drug-likeness (QED) is 0.871. The van der Waals surface area contributed by atoms with Crippen molar-refractivity contribution in [2.75, 3.05) is 23.8 Å². The summed E-state index contributed by atoms with van der Waals surface area (Å²) in [5.41, 5.74) is 1.44. The van der Waals surface area contributed by atoms with Crippen molar-refractivity contribution in [3.05, 3.63) is 23.8 Å². The Morgan fingerprint density at radius 2 is 1.95 bits per heavy atom. The summed E-state index contributed by atoms with van der Waals surface area (Å²) in [6.45, 7) is 6.20. The molecule has 0 unspecified atom stereocenters. The third kappa shape index (κ3) is 4.00. The number of carbonyl (C=O) groups excluding carboxylic acids is 2. The summed E-state index contributed by atoms with van der Waals surface area (Å²) in [5, 5.41) is 3.03. The minimum atomic E-state index is -0.548. The lowest BCUT2D eigenvalue weighted by atomic mass is 10.1. The number of hydrogen-bond acceptors (Lipinski definition) is 4. The van der Waals surface area contributed by atoms with Crippen LogP contribution >= 0.6 is 0 Å². The Hall–Kier alpha value is -2.04. The molecule has 0 bridgehead atoms. The first-order chi connectivity index (χ1) is 10.3. The van der Waals surface area contributed by atoms with Crippen LogP contribution in [0.25, 0.3) is 0 Å².